The Hall–Kier alpha value is -0.920. The molecule has 0 aromatic carbocycles. The number of carbonyl (C=O) groups is 4. The molecule has 204 valence electrons. The van der Waals surface area contributed by atoms with Crippen LogP contribution in [0.4, 0.5) is 0 Å². The number of hydrogen-bond acceptors (Lipinski definition) is 17. The summed E-state index contributed by atoms with van der Waals surface area (Å²) in [5.41, 5.74) is 22.7. The number of nitrogens with two attached hydrogens (primary N) is 4. The van der Waals surface area contributed by atoms with Crippen LogP contribution in [-0.2, 0) is 42.9 Å². The highest BCUT2D eigenvalue weighted by Crippen LogP contribution is 2.23. The van der Waals surface area contributed by atoms with Gasteiger partial charge in [0.15, 0.2) is 0 Å². The molecule has 35 heavy (non-hydrogen) atoms. The predicted molar refractivity (Wildman–Crippen MR) is 139 cm³/mol. The largest absolute Gasteiger partial charge is 0.468 e. The molecule has 0 saturated heterocycles. The molecule has 0 radical (unpaired) electrons. The lowest BCUT2D eigenvalue weighted by atomic mass is 10.4. The standard InChI is InChI=1S/C18H34N4O9S4/c1-27-15(23)11(19)7-32-34-9-13(21)17(25)30-5-3-29-4-6-31-18(26)14(22)10-35-33-8-12(20)16(24)28-2/h11-14H,3-10,19-22H2,1-2H3/t11-,12+,13-,14+. The van der Waals surface area contributed by atoms with Gasteiger partial charge in [-0.3, -0.25) is 19.2 Å². The van der Waals surface area contributed by atoms with Crippen molar-refractivity contribution in [2.24, 2.45) is 22.9 Å². The highest BCUT2D eigenvalue weighted by atomic mass is 33.1. The molecule has 0 aliphatic rings. The highest BCUT2D eigenvalue weighted by Gasteiger charge is 2.19. The van der Waals surface area contributed by atoms with Gasteiger partial charge in [0.25, 0.3) is 0 Å². The quantitative estimate of drug-likeness (QED) is 0.0559. The number of ether oxygens (including phenoxy) is 5. The van der Waals surface area contributed by atoms with Gasteiger partial charge in [-0.15, -0.1) is 0 Å². The molecule has 0 aromatic rings. The Bertz CT molecular complexity index is 599. The van der Waals surface area contributed by atoms with Crippen LogP contribution in [0, 0.1) is 0 Å². The van der Waals surface area contributed by atoms with Crippen LogP contribution in [0.2, 0.25) is 0 Å². The number of hydrogen-bond donors (Lipinski definition) is 4. The van der Waals surface area contributed by atoms with Crippen molar-refractivity contribution >= 4 is 67.1 Å². The third-order valence-electron chi connectivity index (χ3n) is 3.71. The summed E-state index contributed by atoms with van der Waals surface area (Å²) in [6.45, 7) is 0.189. The zero-order valence-electron chi connectivity index (χ0n) is 19.6. The summed E-state index contributed by atoms with van der Waals surface area (Å²) >= 11 is 0. The van der Waals surface area contributed by atoms with Crippen LogP contribution in [0.3, 0.4) is 0 Å². The van der Waals surface area contributed by atoms with Gasteiger partial charge in [0.1, 0.15) is 37.4 Å². The van der Waals surface area contributed by atoms with Gasteiger partial charge in [0, 0.05) is 23.0 Å². The van der Waals surface area contributed by atoms with E-state index in [1.165, 1.54) is 57.4 Å². The number of esters is 4. The minimum atomic E-state index is -0.837. The van der Waals surface area contributed by atoms with Gasteiger partial charge in [-0.2, -0.15) is 0 Å². The Morgan fingerprint density at radius 3 is 1.11 bits per heavy atom. The molecule has 0 heterocycles. The molecule has 0 aliphatic carbocycles. The van der Waals surface area contributed by atoms with Crippen LogP contribution < -0.4 is 22.9 Å². The van der Waals surface area contributed by atoms with E-state index >= 15 is 0 Å². The van der Waals surface area contributed by atoms with Crippen LogP contribution in [0.5, 0.6) is 0 Å². The fourth-order valence-corrected chi connectivity index (χ4v) is 6.21. The minimum Gasteiger partial charge on any atom is -0.468 e. The van der Waals surface area contributed by atoms with Crippen molar-refractivity contribution in [1.82, 2.24) is 0 Å². The topological polar surface area (TPSA) is 219 Å². The lowest BCUT2D eigenvalue weighted by molar-refractivity contribution is -0.148. The molecule has 0 aliphatic heterocycles. The van der Waals surface area contributed by atoms with Crippen molar-refractivity contribution < 1.29 is 42.9 Å². The van der Waals surface area contributed by atoms with Gasteiger partial charge in [0.05, 0.1) is 27.4 Å². The molecule has 4 atom stereocenters. The average Bonchev–Trinajstić information content (AvgIpc) is 2.86. The van der Waals surface area contributed by atoms with Crippen molar-refractivity contribution in [2.45, 2.75) is 24.2 Å². The summed E-state index contributed by atoms with van der Waals surface area (Å²) in [5.74, 6) is -0.970. The lowest BCUT2D eigenvalue weighted by Gasteiger charge is -2.13. The van der Waals surface area contributed by atoms with Crippen LogP contribution in [-0.4, -0.2) is 112 Å². The van der Waals surface area contributed by atoms with Gasteiger partial charge in [-0.05, 0) is 0 Å². The van der Waals surface area contributed by atoms with E-state index in [9.17, 15) is 19.2 Å². The van der Waals surface area contributed by atoms with Crippen molar-refractivity contribution in [1.29, 1.82) is 0 Å². The molecular weight excluding hydrogens is 544 g/mol. The smallest absolute Gasteiger partial charge is 0.323 e. The van der Waals surface area contributed by atoms with Crippen LogP contribution in [0.1, 0.15) is 0 Å². The molecule has 0 aromatic heterocycles. The highest BCUT2D eigenvalue weighted by molar-refractivity contribution is 8.77. The fraction of sp³-hybridized carbons (Fsp3) is 0.778. The third-order valence-corrected chi connectivity index (χ3v) is 8.66. The molecule has 0 fully saturated rings. The minimum absolute atomic E-state index is 0.00735. The normalized spacial score (nSPS) is 14.3. The van der Waals surface area contributed by atoms with Gasteiger partial charge in [0.2, 0.25) is 0 Å². The number of rotatable bonds is 20. The summed E-state index contributed by atoms with van der Waals surface area (Å²) in [4.78, 5) is 46.0. The molecule has 8 N–H and O–H groups in total. The van der Waals surface area contributed by atoms with Crippen molar-refractivity contribution in [3.63, 3.8) is 0 Å². The van der Waals surface area contributed by atoms with E-state index in [1.54, 1.807) is 0 Å². The van der Waals surface area contributed by atoms with Gasteiger partial charge in [-0.1, -0.05) is 43.2 Å². The first-order valence-electron chi connectivity index (χ1n) is 10.2. The van der Waals surface area contributed by atoms with Crippen LogP contribution in [0.15, 0.2) is 0 Å². The summed E-state index contributed by atoms with van der Waals surface area (Å²) in [6.07, 6.45) is 0. The first-order valence-corrected chi connectivity index (χ1v) is 15.2. The molecule has 0 rings (SSSR count). The Kier molecular flexibility index (Phi) is 20.6. The summed E-state index contributed by atoms with van der Waals surface area (Å²) in [6, 6.07) is -3.16. The summed E-state index contributed by atoms with van der Waals surface area (Å²) in [5, 5.41) is 0. The number of carbonyl (C=O) groups excluding carboxylic acids is 4. The van der Waals surface area contributed by atoms with Crippen molar-refractivity contribution in [2.75, 3.05) is 63.7 Å². The van der Waals surface area contributed by atoms with Crippen molar-refractivity contribution in [3.8, 4) is 0 Å². The van der Waals surface area contributed by atoms with E-state index in [1.807, 2.05) is 0 Å². The van der Waals surface area contributed by atoms with Crippen LogP contribution >= 0.6 is 43.2 Å². The first-order chi connectivity index (χ1) is 16.6. The van der Waals surface area contributed by atoms with E-state index in [0.29, 0.717) is 11.5 Å². The Labute approximate surface area is 220 Å². The predicted octanol–water partition coefficient (Wildman–Crippen LogP) is -1.49. The summed E-state index contributed by atoms with van der Waals surface area (Å²) in [7, 11) is 7.72. The third kappa shape index (κ3) is 17.2. The molecule has 13 nitrogen and oxygen atoms in total. The Balaban J connectivity index is 3.72. The molecule has 0 spiro atoms. The Morgan fingerprint density at radius 1 is 0.543 bits per heavy atom. The zero-order chi connectivity index (χ0) is 26.6. The lowest BCUT2D eigenvalue weighted by Crippen LogP contribution is -2.36. The van der Waals surface area contributed by atoms with E-state index in [4.69, 9.17) is 37.1 Å². The molecule has 17 heteroatoms. The average molecular weight is 579 g/mol. The van der Waals surface area contributed by atoms with Gasteiger partial charge < -0.3 is 46.6 Å². The Morgan fingerprint density at radius 2 is 0.829 bits per heavy atom. The monoisotopic (exact) mass is 578 g/mol. The van der Waals surface area contributed by atoms with E-state index in [-0.39, 0.29) is 37.9 Å². The molecule has 0 unspecified atom stereocenters. The van der Waals surface area contributed by atoms with E-state index in [2.05, 4.69) is 9.47 Å². The maximum atomic E-state index is 11.8. The summed E-state index contributed by atoms with van der Waals surface area (Å²) < 4.78 is 24.3. The second-order valence-corrected chi connectivity index (χ2v) is 11.7. The molecular formula is C18H34N4O9S4. The first kappa shape index (κ1) is 34.1. The molecule has 0 saturated carbocycles. The van der Waals surface area contributed by atoms with Crippen molar-refractivity contribution in [3.05, 3.63) is 0 Å². The maximum Gasteiger partial charge on any atom is 0.323 e. The molecule has 0 amide bonds. The van der Waals surface area contributed by atoms with Gasteiger partial charge in [-0.25, -0.2) is 0 Å². The SMILES string of the molecule is COC(=O)[C@H](N)CSSC[C@@H](N)C(=O)OCCOCCOC(=O)[C@@H](N)CSSC[C@H](N)C(=O)OC. The second-order valence-electron chi connectivity index (χ2n) is 6.56. The fourth-order valence-electron chi connectivity index (χ4n) is 1.78. The van der Waals surface area contributed by atoms with E-state index in [0.717, 1.165) is 0 Å². The maximum absolute atomic E-state index is 11.8. The second kappa shape index (κ2) is 21.2. The molecule has 0 bridgehead atoms. The zero-order valence-corrected chi connectivity index (χ0v) is 22.8. The van der Waals surface area contributed by atoms with Gasteiger partial charge >= 0.3 is 23.9 Å². The number of methoxy groups -OCH3 is 2. The van der Waals surface area contributed by atoms with E-state index < -0.39 is 48.0 Å². The van der Waals surface area contributed by atoms with Crippen LogP contribution in [0.25, 0.3) is 0 Å².